The topological polar surface area (TPSA) is 14.2 Å². The Morgan fingerprint density at radius 2 is 1.85 bits per heavy atom. The minimum atomic E-state index is 0.808. The Kier molecular flexibility index (Phi) is 3.66. The second kappa shape index (κ2) is 5.59. The molecule has 0 unspecified atom stereocenters. The smallest absolute Gasteiger partial charge is 0.118 e. The summed E-state index contributed by atoms with van der Waals surface area (Å²) >= 11 is 6.29. The van der Waals surface area contributed by atoms with E-state index >= 15 is 0 Å². The molecule has 0 saturated carbocycles. The van der Waals surface area contributed by atoms with E-state index < -0.39 is 0 Å². The number of halogens is 1. The van der Waals surface area contributed by atoms with Crippen molar-refractivity contribution in [2.24, 2.45) is 0 Å². The van der Waals surface area contributed by atoms with Crippen LogP contribution < -0.4 is 4.74 Å². The number of benzene rings is 2. The second-order valence-electron chi connectivity index (χ2n) is 4.78. The number of rotatable bonds is 4. The molecule has 0 atom stereocenters. The van der Waals surface area contributed by atoms with E-state index in [-0.39, 0.29) is 0 Å². The SMILES string of the molecule is COc1ccc(CCn2ccc3cccc(Cl)c32)cc1. The molecule has 1 heterocycles. The minimum Gasteiger partial charge on any atom is -0.497 e. The van der Waals surface area contributed by atoms with Gasteiger partial charge in [-0.25, -0.2) is 0 Å². The first-order valence-corrected chi connectivity index (χ1v) is 7.02. The maximum Gasteiger partial charge on any atom is 0.118 e. The maximum absolute atomic E-state index is 6.29. The van der Waals surface area contributed by atoms with Crippen LogP contribution in [-0.2, 0) is 13.0 Å². The number of hydrogen-bond donors (Lipinski definition) is 0. The fourth-order valence-electron chi connectivity index (χ4n) is 2.44. The molecule has 3 heteroatoms. The molecule has 0 aliphatic rings. The normalized spacial score (nSPS) is 10.9. The van der Waals surface area contributed by atoms with Gasteiger partial charge in [-0.05, 0) is 36.2 Å². The largest absolute Gasteiger partial charge is 0.497 e. The molecular formula is C17H16ClNO. The molecule has 2 aromatic carbocycles. The highest BCUT2D eigenvalue weighted by molar-refractivity contribution is 6.35. The van der Waals surface area contributed by atoms with E-state index in [9.17, 15) is 0 Å². The van der Waals surface area contributed by atoms with Crippen molar-refractivity contribution in [1.82, 2.24) is 4.57 Å². The molecule has 0 amide bonds. The first kappa shape index (κ1) is 13.1. The van der Waals surface area contributed by atoms with Crippen LogP contribution in [0.15, 0.2) is 54.7 Å². The van der Waals surface area contributed by atoms with Gasteiger partial charge in [0.15, 0.2) is 0 Å². The van der Waals surface area contributed by atoms with Crippen molar-refractivity contribution in [3.8, 4) is 5.75 Å². The average Bonchev–Trinajstić information content (AvgIpc) is 2.90. The minimum absolute atomic E-state index is 0.808. The summed E-state index contributed by atoms with van der Waals surface area (Å²) in [5.41, 5.74) is 2.40. The Balaban J connectivity index is 1.79. The predicted octanol–water partition coefficient (Wildman–Crippen LogP) is 4.55. The molecule has 0 fully saturated rings. The zero-order valence-corrected chi connectivity index (χ0v) is 12.1. The molecule has 102 valence electrons. The first-order chi connectivity index (χ1) is 9.78. The van der Waals surface area contributed by atoms with Gasteiger partial charge in [0.2, 0.25) is 0 Å². The van der Waals surface area contributed by atoms with E-state index in [4.69, 9.17) is 16.3 Å². The number of aromatic nitrogens is 1. The van der Waals surface area contributed by atoms with Crippen molar-refractivity contribution >= 4 is 22.5 Å². The number of methoxy groups -OCH3 is 1. The van der Waals surface area contributed by atoms with Gasteiger partial charge in [-0.3, -0.25) is 0 Å². The van der Waals surface area contributed by atoms with E-state index in [2.05, 4.69) is 35.0 Å². The molecule has 0 aliphatic carbocycles. The molecule has 20 heavy (non-hydrogen) atoms. The number of hydrogen-bond acceptors (Lipinski definition) is 1. The lowest BCUT2D eigenvalue weighted by atomic mass is 10.1. The van der Waals surface area contributed by atoms with Crippen molar-refractivity contribution in [3.63, 3.8) is 0 Å². The van der Waals surface area contributed by atoms with Gasteiger partial charge in [-0.15, -0.1) is 0 Å². The summed E-state index contributed by atoms with van der Waals surface area (Å²) in [6.07, 6.45) is 3.07. The van der Waals surface area contributed by atoms with Crippen LogP contribution in [0.2, 0.25) is 5.02 Å². The van der Waals surface area contributed by atoms with Crippen LogP contribution in [0.4, 0.5) is 0 Å². The van der Waals surface area contributed by atoms with Gasteiger partial charge in [-0.1, -0.05) is 35.9 Å². The lowest BCUT2D eigenvalue weighted by molar-refractivity contribution is 0.414. The molecule has 0 spiro atoms. The highest BCUT2D eigenvalue weighted by Crippen LogP contribution is 2.24. The lowest BCUT2D eigenvalue weighted by Crippen LogP contribution is -2.00. The zero-order valence-electron chi connectivity index (χ0n) is 11.3. The number of nitrogens with zero attached hydrogens (tertiary/aromatic N) is 1. The fraction of sp³-hybridized carbons (Fsp3) is 0.176. The van der Waals surface area contributed by atoms with Gasteiger partial charge in [0.05, 0.1) is 17.6 Å². The standard InChI is InChI=1S/C17H16ClNO/c1-20-15-7-5-13(6-8-15)9-11-19-12-10-14-3-2-4-16(18)17(14)19/h2-8,10,12H,9,11H2,1H3. The van der Waals surface area contributed by atoms with E-state index in [1.807, 2.05) is 24.3 Å². The Morgan fingerprint density at radius 3 is 2.60 bits per heavy atom. The van der Waals surface area contributed by atoms with Gasteiger partial charge < -0.3 is 9.30 Å². The van der Waals surface area contributed by atoms with Gasteiger partial charge in [0.25, 0.3) is 0 Å². The fourth-order valence-corrected chi connectivity index (χ4v) is 2.73. The van der Waals surface area contributed by atoms with Crippen molar-refractivity contribution in [3.05, 3.63) is 65.3 Å². The van der Waals surface area contributed by atoms with Gasteiger partial charge in [-0.2, -0.15) is 0 Å². The number of ether oxygens (including phenoxy) is 1. The second-order valence-corrected chi connectivity index (χ2v) is 5.19. The van der Waals surface area contributed by atoms with Crippen LogP contribution >= 0.6 is 11.6 Å². The van der Waals surface area contributed by atoms with Crippen molar-refractivity contribution in [2.75, 3.05) is 7.11 Å². The van der Waals surface area contributed by atoms with Crippen molar-refractivity contribution < 1.29 is 4.74 Å². The summed E-state index contributed by atoms with van der Waals surface area (Å²) in [4.78, 5) is 0. The quantitative estimate of drug-likeness (QED) is 0.686. The van der Waals surface area contributed by atoms with Gasteiger partial charge in [0, 0.05) is 18.1 Å². The van der Waals surface area contributed by atoms with Crippen LogP contribution in [0.1, 0.15) is 5.56 Å². The Labute approximate surface area is 123 Å². The van der Waals surface area contributed by atoms with Crippen LogP contribution in [0.3, 0.4) is 0 Å². The third kappa shape index (κ3) is 2.52. The van der Waals surface area contributed by atoms with E-state index in [1.165, 1.54) is 10.9 Å². The molecule has 1 aromatic heterocycles. The summed E-state index contributed by atoms with van der Waals surface area (Å²) in [6, 6.07) is 16.3. The zero-order chi connectivity index (χ0) is 13.9. The Bertz CT molecular complexity index is 715. The summed E-state index contributed by atoms with van der Waals surface area (Å²) in [6.45, 7) is 0.916. The van der Waals surface area contributed by atoms with Crippen molar-refractivity contribution in [1.29, 1.82) is 0 Å². The molecule has 0 bridgehead atoms. The summed E-state index contributed by atoms with van der Waals surface area (Å²) in [7, 11) is 1.68. The monoisotopic (exact) mass is 285 g/mol. The molecule has 0 N–H and O–H groups in total. The van der Waals surface area contributed by atoms with Crippen LogP contribution in [0, 0.1) is 0 Å². The van der Waals surface area contributed by atoms with Gasteiger partial charge >= 0.3 is 0 Å². The van der Waals surface area contributed by atoms with Gasteiger partial charge in [0.1, 0.15) is 5.75 Å². The number of para-hydroxylation sites is 1. The summed E-state index contributed by atoms with van der Waals surface area (Å²) in [5.74, 6) is 0.892. The summed E-state index contributed by atoms with van der Waals surface area (Å²) < 4.78 is 7.38. The molecule has 0 saturated heterocycles. The van der Waals surface area contributed by atoms with E-state index in [0.717, 1.165) is 29.3 Å². The average molecular weight is 286 g/mol. The van der Waals surface area contributed by atoms with E-state index in [0.29, 0.717) is 0 Å². The highest BCUT2D eigenvalue weighted by Gasteiger charge is 2.05. The first-order valence-electron chi connectivity index (χ1n) is 6.64. The summed E-state index contributed by atoms with van der Waals surface area (Å²) in [5, 5.41) is 1.99. The maximum atomic E-state index is 6.29. The third-order valence-electron chi connectivity index (χ3n) is 3.54. The van der Waals surface area contributed by atoms with Crippen LogP contribution in [-0.4, -0.2) is 11.7 Å². The predicted molar refractivity (Wildman–Crippen MR) is 83.6 cm³/mol. The number of fused-ring (bicyclic) bond motifs is 1. The lowest BCUT2D eigenvalue weighted by Gasteiger charge is -2.07. The van der Waals surface area contributed by atoms with Crippen molar-refractivity contribution in [2.45, 2.75) is 13.0 Å². The molecule has 0 aliphatic heterocycles. The Hall–Kier alpha value is -1.93. The van der Waals surface area contributed by atoms with Crippen LogP contribution in [0.25, 0.3) is 10.9 Å². The number of aryl methyl sites for hydroxylation is 2. The molecule has 3 rings (SSSR count). The molecule has 0 radical (unpaired) electrons. The molecule has 2 nitrogen and oxygen atoms in total. The van der Waals surface area contributed by atoms with E-state index in [1.54, 1.807) is 7.11 Å². The van der Waals surface area contributed by atoms with Crippen LogP contribution in [0.5, 0.6) is 5.75 Å². The molecule has 3 aromatic rings. The molecular weight excluding hydrogens is 270 g/mol. The Morgan fingerprint density at radius 1 is 1.05 bits per heavy atom. The third-order valence-corrected chi connectivity index (χ3v) is 3.84. The highest BCUT2D eigenvalue weighted by atomic mass is 35.5.